The van der Waals surface area contributed by atoms with Gasteiger partial charge in [-0.3, -0.25) is 9.69 Å². The van der Waals surface area contributed by atoms with Crippen LogP contribution in [0.1, 0.15) is 37.7 Å². The Morgan fingerprint density at radius 2 is 1.85 bits per heavy atom. The summed E-state index contributed by atoms with van der Waals surface area (Å²) in [5.74, 6) is -1.35. The molecule has 1 aromatic carbocycles. The molecule has 1 aliphatic rings. The van der Waals surface area contributed by atoms with Crippen molar-refractivity contribution in [1.29, 1.82) is 0 Å². The summed E-state index contributed by atoms with van der Waals surface area (Å²) in [5, 5.41) is 27.4. The Morgan fingerprint density at radius 1 is 1.23 bits per heavy atom. The summed E-state index contributed by atoms with van der Waals surface area (Å²) in [7, 11) is -1.36. The Hall–Kier alpha value is -1.48. The fraction of sp³-hybridized carbons (Fsp3) is 0.611. The van der Waals surface area contributed by atoms with Gasteiger partial charge < -0.3 is 20.9 Å². The molecule has 1 aliphatic heterocycles. The molecule has 5 N–H and O–H groups in total. The summed E-state index contributed by atoms with van der Waals surface area (Å²) >= 11 is 0. The molecule has 6 nitrogen and oxygen atoms in total. The van der Waals surface area contributed by atoms with Crippen LogP contribution in [-0.2, 0) is 11.3 Å². The van der Waals surface area contributed by atoms with Crippen molar-refractivity contribution in [3.05, 3.63) is 35.6 Å². The van der Waals surface area contributed by atoms with Crippen LogP contribution in [0, 0.1) is 11.7 Å². The van der Waals surface area contributed by atoms with E-state index in [0.717, 1.165) is 18.7 Å². The Balaban J connectivity index is 1.86. The van der Waals surface area contributed by atoms with Crippen LogP contribution >= 0.6 is 0 Å². The molecule has 144 valence electrons. The van der Waals surface area contributed by atoms with E-state index in [4.69, 9.17) is 15.8 Å². The van der Waals surface area contributed by atoms with Crippen molar-refractivity contribution in [2.45, 2.75) is 50.5 Å². The van der Waals surface area contributed by atoms with Gasteiger partial charge in [0.1, 0.15) is 11.4 Å². The number of carbonyl (C=O) groups is 1. The van der Waals surface area contributed by atoms with Gasteiger partial charge in [-0.15, -0.1) is 0 Å². The smallest absolute Gasteiger partial charge is 0.451 e. The first kappa shape index (κ1) is 20.8. The number of nitrogens with zero attached hydrogens (tertiary/aromatic N) is 1. The zero-order valence-corrected chi connectivity index (χ0v) is 15.0. The molecule has 8 heteroatoms. The molecule has 1 aromatic rings. The Bertz CT molecular complexity index is 579. The molecule has 1 saturated heterocycles. The molecule has 1 heterocycles. The number of carboxylic acid groups (broad SMARTS) is 1. The molecule has 2 rings (SSSR count). The first-order chi connectivity index (χ1) is 12.3. The highest BCUT2D eigenvalue weighted by Crippen LogP contribution is 2.31. The average molecular weight is 366 g/mol. The highest BCUT2D eigenvalue weighted by Gasteiger charge is 2.42. The van der Waals surface area contributed by atoms with E-state index in [1.54, 1.807) is 12.1 Å². The molecule has 0 radical (unpaired) electrons. The maximum Gasteiger partial charge on any atom is 0.451 e. The van der Waals surface area contributed by atoms with Crippen LogP contribution in [0.15, 0.2) is 24.3 Å². The van der Waals surface area contributed by atoms with Crippen molar-refractivity contribution in [3.8, 4) is 0 Å². The Kier molecular flexibility index (Phi) is 7.58. The minimum atomic E-state index is -1.36. The van der Waals surface area contributed by atoms with Crippen LogP contribution in [0.5, 0.6) is 0 Å². The number of likely N-dealkylation sites (tertiary alicyclic amines) is 1. The molecule has 0 spiro atoms. The van der Waals surface area contributed by atoms with Gasteiger partial charge in [0.05, 0.1) is 0 Å². The minimum absolute atomic E-state index is 0.108. The fourth-order valence-corrected chi connectivity index (χ4v) is 3.68. The summed E-state index contributed by atoms with van der Waals surface area (Å²) < 4.78 is 13.0. The normalized spacial score (nSPS) is 18.5. The highest BCUT2D eigenvalue weighted by molar-refractivity contribution is 6.40. The third-order valence-corrected chi connectivity index (χ3v) is 5.34. The first-order valence-corrected chi connectivity index (χ1v) is 9.16. The number of rotatable bonds is 9. The van der Waals surface area contributed by atoms with Crippen LogP contribution in [0.4, 0.5) is 4.39 Å². The summed E-state index contributed by atoms with van der Waals surface area (Å²) in [6, 6.07) is 6.42. The topological polar surface area (TPSA) is 107 Å². The first-order valence-electron chi connectivity index (χ1n) is 9.16. The summed E-state index contributed by atoms with van der Waals surface area (Å²) in [4.78, 5) is 14.0. The SMILES string of the molecule is NC(CCCCB(O)O)(C(=O)O)C1CCN(Cc2ccc(F)cc2)CC1. The molecule has 0 aliphatic carbocycles. The maximum atomic E-state index is 13.0. The third-order valence-electron chi connectivity index (χ3n) is 5.34. The second-order valence-corrected chi connectivity index (χ2v) is 7.25. The predicted molar refractivity (Wildman–Crippen MR) is 97.8 cm³/mol. The molecule has 0 saturated carbocycles. The maximum absolute atomic E-state index is 13.0. The van der Waals surface area contributed by atoms with Crippen molar-refractivity contribution >= 4 is 13.1 Å². The zero-order valence-electron chi connectivity index (χ0n) is 15.0. The van der Waals surface area contributed by atoms with Gasteiger partial charge in [0.15, 0.2) is 0 Å². The van der Waals surface area contributed by atoms with Crippen LogP contribution in [0.3, 0.4) is 0 Å². The fourth-order valence-electron chi connectivity index (χ4n) is 3.68. The second-order valence-electron chi connectivity index (χ2n) is 7.25. The van der Waals surface area contributed by atoms with Gasteiger partial charge in [0.25, 0.3) is 0 Å². The van der Waals surface area contributed by atoms with E-state index in [1.165, 1.54) is 12.1 Å². The number of nitrogens with two attached hydrogens (primary N) is 1. The summed E-state index contributed by atoms with van der Waals surface area (Å²) in [6.07, 6.45) is 3.05. The number of piperidine rings is 1. The highest BCUT2D eigenvalue weighted by atomic mass is 19.1. The van der Waals surface area contributed by atoms with Gasteiger partial charge in [-0.25, -0.2) is 4.39 Å². The average Bonchev–Trinajstić information content (AvgIpc) is 2.61. The van der Waals surface area contributed by atoms with E-state index >= 15 is 0 Å². The van der Waals surface area contributed by atoms with Gasteiger partial charge in [-0.1, -0.05) is 25.0 Å². The molecule has 1 atom stereocenters. The van der Waals surface area contributed by atoms with Gasteiger partial charge in [-0.05, 0) is 62.3 Å². The van der Waals surface area contributed by atoms with Crippen molar-refractivity contribution in [1.82, 2.24) is 4.90 Å². The number of unbranched alkanes of at least 4 members (excludes halogenated alkanes) is 1. The van der Waals surface area contributed by atoms with E-state index in [0.29, 0.717) is 38.6 Å². The Labute approximate surface area is 154 Å². The lowest BCUT2D eigenvalue weighted by Crippen LogP contribution is -2.56. The number of hydrogen-bond acceptors (Lipinski definition) is 5. The van der Waals surface area contributed by atoms with Gasteiger partial charge in [-0.2, -0.15) is 0 Å². The van der Waals surface area contributed by atoms with Crippen LogP contribution in [-0.4, -0.2) is 51.8 Å². The number of carboxylic acids is 1. The van der Waals surface area contributed by atoms with Crippen molar-refractivity contribution < 1.29 is 24.3 Å². The number of halogens is 1. The lowest BCUT2D eigenvalue weighted by Gasteiger charge is -2.40. The number of aliphatic carboxylic acids is 1. The lowest BCUT2D eigenvalue weighted by atomic mass is 9.74. The minimum Gasteiger partial charge on any atom is -0.480 e. The summed E-state index contributed by atoms with van der Waals surface area (Å²) in [6.45, 7) is 2.22. The second kappa shape index (κ2) is 9.46. The molecule has 0 aromatic heterocycles. The standard InChI is InChI=1S/C18H28BFN2O4/c20-16-5-3-14(4-6-16)13-22-11-7-15(8-12-22)18(21,17(23)24)9-1-2-10-19(25)26/h3-6,15,25-26H,1-2,7-13,21H2,(H,23,24). The molecular formula is C18H28BFN2O4. The van der Waals surface area contributed by atoms with E-state index in [-0.39, 0.29) is 18.1 Å². The van der Waals surface area contributed by atoms with E-state index in [9.17, 15) is 14.3 Å². The lowest BCUT2D eigenvalue weighted by molar-refractivity contribution is -0.147. The van der Waals surface area contributed by atoms with Crippen LogP contribution < -0.4 is 5.73 Å². The monoisotopic (exact) mass is 366 g/mol. The number of benzene rings is 1. The molecule has 0 bridgehead atoms. The molecular weight excluding hydrogens is 338 g/mol. The molecule has 26 heavy (non-hydrogen) atoms. The van der Waals surface area contributed by atoms with Gasteiger partial charge >= 0.3 is 13.1 Å². The van der Waals surface area contributed by atoms with Crippen molar-refractivity contribution in [2.24, 2.45) is 11.7 Å². The van der Waals surface area contributed by atoms with Crippen LogP contribution in [0.2, 0.25) is 6.32 Å². The number of hydrogen-bond donors (Lipinski definition) is 4. The summed E-state index contributed by atoms with van der Waals surface area (Å²) in [5.41, 5.74) is 6.02. The van der Waals surface area contributed by atoms with E-state index < -0.39 is 18.6 Å². The molecule has 1 unspecified atom stereocenters. The largest absolute Gasteiger partial charge is 0.480 e. The molecule has 0 amide bonds. The van der Waals surface area contributed by atoms with Crippen LogP contribution in [0.25, 0.3) is 0 Å². The molecule has 1 fully saturated rings. The van der Waals surface area contributed by atoms with E-state index in [2.05, 4.69) is 4.90 Å². The zero-order chi connectivity index (χ0) is 19.2. The Morgan fingerprint density at radius 3 is 2.38 bits per heavy atom. The quantitative estimate of drug-likeness (QED) is 0.389. The third kappa shape index (κ3) is 5.77. The van der Waals surface area contributed by atoms with E-state index in [1.807, 2.05) is 0 Å². The van der Waals surface area contributed by atoms with Crippen molar-refractivity contribution in [2.75, 3.05) is 13.1 Å². The predicted octanol–water partition coefficient (Wildman–Crippen LogP) is 1.46. The van der Waals surface area contributed by atoms with Crippen molar-refractivity contribution in [3.63, 3.8) is 0 Å². The van der Waals surface area contributed by atoms with Gasteiger partial charge in [0, 0.05) is 6.54 Å². The van der Waals surface area contributed by atoms with Gasteiger partial charge in [0.2, 0.25) is 0 Å².